The molecule has 0 unspecified atom stereocenters. The molecule has 7 heteroatoms. The molecule has 0 spiro atoms. The summed E-state index contributed by atoms with van der Waals surface area (Å²) in [5, 5.41) is 0.158. The molecule has 102 valence electrons. The molecule has 0 aliphatic heterocycles. The van der Waals surface area contributed by atoms with E-state index in [2.05, 4.69) is 9.72 Å². The highest BCUT2D eigenvalue weighted by Gasteiger charge is 2.22. The Morgan fingerprint density at radius 2 is 2.05 bits per heavy atom. The molecule has 0 bridgehead atoms. The van der Waals surface area contributed by atoms with Gasteiger partial charge in [-0.1, -0.05) is 11.6 Å². The average molecular weight is 286 g/mol. The first-order chi connectivity index (χ1) is 8.99. The molecule has 0 saturated carbocycles. The second-order valence-corrected chi connectivity index (χ2v) is 3.84. The minimum absolute atomic E-state index is 0.0740. The number of Topliss-reactive ketones (excluding diaryl/α,β-unsaturated/α-hetero) is 2. The summed E-state index contributed by atoms with van der Waals surface area (Å²) in [7, 11) is 1.36. The fourth-order valence-corrected chi connectivity index (χ4v) is 1.46. The number of methoxy groups -OCH3 is 1. The van der Waals surface area contributed by atoms with Gasteiger partial charge in [-0.3, -0.25) is 9.59 Å². The quantitative estimate of drug-likeness (QED) is 0.259. The normalized spacial score (nSPS) is 9.84. The predicted octanol–water partition coefficient (Wildman–Crippen LogP) is 1.45. The van der Waals surface area contributed by atoms with E-state index in [-0.39, 0.29) is 23.1 Å². The van der Waals surface area contributed by atoms with Crippen molar-refractivity contribution in [1.29, 1.82) is 0 Å². The smallest absolute Gasteiger partial charge is 0.375 e. The molecule has 1 aromatic heterocycles. The van der Waals surface area contributed by atoms with Gasteiger partial charge < -0.3 is 9.47 Å². The molecule has 0 fully saturated rings. The van der Waals surface area contributed by atoms with Crippen molar-refractivity contribution < 1.29 is 23.9 Å². The standard InChI is InChI=1S/C12H12ClNO5/c1-3-19-12(17)9(16)4-8(15)7-6-14-11(13)5-10(7)18-2/h5-6H,3-4H2,1-2H3. The SMILES string of the molecule is CCOC(=O)C(=O)CC(=O)c1cnc(Cl)cc1OC. The number of aromatic nitrogens is 1. The van der Waals surface area contributed by atoms with Crippen molar-refractivity contribution in [2.75, 3.05) is 13.7 Å². The van der Waals surface area contributed by atoms with E-state index < -0.39 is 24.0 Å². The van der Waals surface area contributed by atoms with Crippen molar-refractivity contribution in [1.82, 2.24) is 4.98 Å². The van der Waals surface area contributed by atoms with E-state index in [0.29, 0.717) is 0 Å². The van der Waals surface area contributed by atoms with Crippen molar-refractivity contribution >= 4 is 29.1 Å². The van der Waals surface area contributed by atoms with Crippen LogP contribution in [0.5, 0.6) is 5.75 Å². The van der Waals surface area contributed by atoms with Gasteiger partial charge in [-0.15, -0.1) is 0 Å². The van der Waals surface area contributed by atoms with Crippen molar-refractivity contribution in [2.45, 2.75) is 13.3 Å². The molecule has 19 heavy (non-hydrogen) atoms. The third-order valence-corrected chi connectivity index (χ3v) is 2.38. The molecule has 1 rings (SSSR count). The van der Waals surface area contributed by atoms with Crippen LogP contribution in [0.1, 0.15) is 23.7 Å². The van der Waals surface area contributed by atoms with E-state index in [0.717, 1.165) is 0 Å². The van der Waals surface area contributed by atoms with Gasteiger partial charge in [0.25, 0.3) is 0 Å². The molecule has 0 atom stereocenters. The third kappa shape index (κ3) is 4.03. The molecule has 0 N–H and O–H groups in total. The maximum absolute atomic E-state index is 11.9. The monoisotopic (exact) mass is 285 g/mol. The minimum Gasteiger partial charge on any atom is -0.496 e. The van der Waals surface area contributed by atoms with Gasteiger partial charge in [0, 0.05) is 12.3 Å². The highest BCUT2D eigenvalue weighted by atomic mass is 35.5. The number of halogens is 1. The first kappa shape index (κ1) is 15.1. The zero-order chi connectivity index (χ0) is 14.4. The lowest BCUT2D eigenvalue weighted by Crippen LogP contribution is -2.21. The summed E-state index contributed by atoms with van der Waals surface area (Å²) in [5.74, 6) is -2.33. The molecule has 6 nitrogen and oxygen atoms in total. The van der Waals surface area contributed by atoms with Gasteiger partial charge in [0.05, 0.1) is 25.7 Å². The van der Waals surface area contributed by atoms with E-state index in [9.17, 15) is 14.4 Å². The molecule has 1 heterocycles. The van der Waals surface area contributed by atoms with Crippen molar-refractivity contribution in [3.63, 3.8) is 0 Å². The van der Waals surface area contributed by atoms with Crippen LogP contribution in [0.25, 0.3) is 0 Å². The van der Waals surface area contributed by atoms with Gasteiger partial charge in [0.1, 0.15) is 10.9 Å². The number of ketones is 2. The Kier molecular flexibility index (Phi) is 5.44. The number of hydrogen-bond acceptors (Lipinski definition) is 6. The Hall–Kier alpha value is -1.95. The highest BCUT2D eigenvalue weighted by molar-refractivity contribution is 6.38. The van der Waals surface area contributed by atoms with Crippen molar-refractivity contribution in [3.8, 4) is 5.75 Å². The molecule has 1 aromatic rings. The number of nitrogens with zero attached hydrogens (tertiary/aromatic N) is 1. The Labute approximate surface area is 114 Å². The van der Waals surface area contributed by atoms with Crippen LogP contribution in [0.15, 0.2) is 12.3 Å². The van der Waals surface area contributed by atoms with Crippen LogP contribution in [-0.4, -0.2) is 36.2 Å². The van der Waals surface area contributed by atoms with Crippen LogP contribution in [-0.2, 0) is 14.3 Å². The highest BCUT2D eigenvalue weighted by Crippen LogP contribution is 2.22. The summed E-state index contributed by atoms with van der Waals surface area (Å²) < 4.78 is 9.47. The van der Waals surface area contributed by atoms with E-state index in [1.807, 2.05) is 0 Å². The van der Waals surface area contributed by atoms with Crippen LogP contribution in [0.2, 0.25) is 5.15 Å². The number of hydrogen-bond donors (Lipinski definition) is 0. The second kappa shape index (κ2) is 6.84. The summed E-state index contributed by atoms with van der Waals surface area (Å²) in [5.41, 5.74) is 0.0875. The zero-order valence-electron chi connectivity index (χ0n) is 10.4. The molecule has 0 radical (unpaired) electrons. The molecule has 0 amide bonds. The lowest BCUT2D eigenvalue weighted by atomic mass is 10.1. The largest absolute Gasteiger partial charge is 0.496 e. The van der Waals surface area contributed by atoms with Crippen molar-refractivity contribution in [2.24, 2.45) is 0 Å². The minimum atomic E-state index is -1.03. The van der Waals surface area contributed by atoms with Crippen LogP contribution in [0.4, 0.5) is 0 Å². The second-order valence-electron chi connectivity index (χ2n) is 3.45. The van der Waals surface area contributed by atoms with E-state index in [1.54, 1.807) is 6.92 Å². The number of carbonyl (C=O) groups excluding carboxylic acids is 3. The summed E-state index contributed by atoms with van der Waals surface area (Å²) in [6.07, 6.45) is 0.598. The molecule has 0 aromatic carbocycles. The van der Waals surface area contributed by atoms with E-state index in [1.165, 1.54) is 19.4 Å². The number of rotatable bonds is 6. The van der Waals surface area contributed by atoms with Gasteiger partial charge in [-0.05, 0) is 6.92 Å². The molecule has 0 saturated heterocycles. The maximum Gasteiger partial charge on any atom is 0.375 e. The predicted molar refractivity (Wildman–Crippen MR) is 66.4 cm³/mol. The number of pyridine rings is 1. The number of carbonyl (C=O) groups is 3. The number of esters is 1. The third-order valence-electron chi connectivity index (χ3n) is 2.18. The van der Waals surface area contributed by atoms with Gasteiger partial charge in [0.2, 0.25) is 5.78 Å². The molecular formula is C12H12ClNO5. The first-order valence-corrected chi connectivity index (χ1v) is 5.80. The lowest BCUT2D eigenvalue weighted by molar-refractivity contribution is -0.153. The van der Waals surface area contributed by atoms with Gasteiger partial charge in [-0.2, -0.15) is 0 Å². The summed E-state index contributed by atoms with van der Waals surface area (Å²) in [4.78, 5) is 38.1. The topological polar surface area (TPSA) is 82.6 Å². The first-order valence-electron chi connectivity index (χ1n) is 5.42. The Bertz CT molecular complexity index is 515. The Morgan fingerprint density at radius 3 is 2.63 bits per heavy atom. The van der Waals surface area contributed by atoms with E-state index in [4.69, 9.17) is 16.3 Å². The summed E-state index contributed by atoms with van der Waals surface area (Å²) in [6, 6.07) is 1.35. The summed E-state index contributed by atoms with van der Waals surface area (Å²) >= 11 is 5.65. The van der Waals surface area contributed by atoms with Crippen LogP contribution in [0.3, 0.4) is 0 Å². The Balaban J connectivity index is 2.84. The Morgan fingerprint density at radius 1 is 1.37 bits per heavy atom. The van der Waals surface area contributed by atoms with Crippen LogP contribution >= 0.6 is 11.6 Å². The number of ether oxygens (including phenoxy) is 2. The van der Waals surface area contributed by atoms with Crippen LogP contribution in [0, 0.1) is 0 Å². The van der Waals surface area contributed by atoms with Crippen LogP contribution < -0.4 is 4.74 Å². The molecule has 0 aliphatic carbocycles. The van der Waals surface area contributed by atoms with Gasteiger partial charge >= 0.3 is 5.97 Å². The van der Waals surface area contributed by atoms with Gasteiger partial charge in [0.15, 0.2) is 5.78 Å². The average Bonchev–Trinajstić information content (AvgIpc) is 2.38. The molecule has 0 aliphatic rings. The lowest BCUT2D eigenvalue weighted by Gasteiger charge is -2.06. The summed E-state index contributed by atoms with van der Waals surface area (Å²) in [6.45, 7) is 1.64. The molecular weight excluding hydrogens is 274 g/mol. The fraction of sp³-hybridized carbons (Fsp3) is 0.333. The fourth-order valence-electron chi connectivity index (χ4n) is 1.32. The maximum atomic E-state index is 11.9. The zero-order valence-corrected chi connectivity index (χ0v) is 11.2. The van der Waals surface area contributed by atoms with Crippen molar-refractivity contribution in [3.05, 3.63) is 23.0 Å². The van der Waals surface area contributed by atoms with E-state index >= 15 is 0 Å². The van der Waals surface area contributed by atoms with Gasteiger partial charge in [-0.25, -0.2) is 9.78 Å².